The topological polar surface area (TPSA) is 55.4 Å². The third-order valence-electron chi connectivity index (χ3n) is 4.34. The minimum atomic E-state index is -0.253. The average molecular weight is 329 g/mol. The van der Waals surface area contributed by atoms with Gasteiger partial charge in [0.1, 0.15) is 5.75 Å². The Labute approximate surface area is 145 Å². The number of carbonyl (C=O) groups is 2. The molecule has 0 aliphatic heterocycles. The van der Waals surface area contributed by atoms with Crippen molar-refractivity contribution in [3.63, 3.8) is 0 Å². The molecule has 1 N–H and O–H groups in total. The highest BCUT2D eigenvalue weighted by Gasteiger charge is 2.26. The summed E-state index contributed by atoms with van der Waals surface area (Å²) < 4.78 is 5.10. The Hall–Kier alpha value is -3.40. The van der Waals surface area contributed by atoms with Gasteiger partial charge in [0, 0.05) is 22.4 Å². The number of rotatable bonds is 3. The molecule has 3 aromatic carbocycles. The molecule has 0 radical (unpaired) electrons. The Morgan fingerprint density at radius 3 is 2.24 bits per heavy atom. The SMILES string of the molecule is COc1ccc(NC(=O)c2ccc3c(c2)C(=O)c2ccccc2-3)cc1. The first-order chi connectivity index (χ1) is 12.2. The number of hydrogen-bond acceptors (Lipinski definition) is 3. The van der Waals surface area contributed by atoms with E-state index >= 15 is 0 Å². The lowest BCUT2D eigenvalue weighted by molar-refractivity contribution is 0.102. The van der Waals surface area contributed by atoms with Gasteiger partial charge in [-0.25, -0.2) is 0 Å². The van der Waals surface area contributed by atoms with Crippen molar-refractivity contribution in [2.75, 3.05) is 12.4 Å². The number of methoxy groups -OCH3 is 1. The van der Waals surface area contributed by atoms with Crippen molar-refractivity contribution in [3.8, 4) is 16.9 Å². The number of hydrogen-bond donors (Lipinski definition) is 1. The van der Waals surface area contributed by atoms with E-state index in [1.807, 2.05) is 30.3 Å². The van der Waals surface area contributed by atoms with E-state index in [0.29, 0.717) is 22.4 Å². The minimum absolute atomic E-state index is 0.0373. The Kier molecular flexibility index (Phi) is 3.58. The molecule has 0 saturated heterocycles. The lowest BCUT2D eigenvalue weighted by Gasteiger charge is -2.08. The zero-order valence-corrected chi connectivity index (χ0v) is 13.6. The zero-order chi connectivity index (χ0) is 17.4. The average Bonchev–Trinajstić information content (AvgIpc) is 2.95. The van der Waals surface area contributed by atoms with E-state index in [4.69, 9.17) is 4.74 Å². The van der Waals surface area contributed by atoms with Gasteiger partial charge in [0.25, 0.3) is 5.91 Å². The molecule has 3 aromatic rings. The van der Waals surface area contributed by atoms with Crippen LogP contribution >= 0.6 is 0 Å². The van der Waals surface area contributed by atoms with Gasteiger partial charge in [-0.15, -0.1) is 0 Å². The fraction of sp³-hybridized carbons (Fsp3) is 0.0476. The number of nitrogens with one attached hydrogen (secondary N) is 1. The van der Waals surface area contributed by atoms with Crippen LogP contribution < -0.4 is 10.1 Å². The van der Waals surface area contributed by atoms with E-state index in [1.165, 1.54) is 0 Å². The van der Waals surface area contributed by atoms with Crippen molar-refractivity contribution >= 4 is 17.4 Å². The third-order valence-corrected chi connectivity index (χ3v) is 4.34. The normalized spacial score (nSPS) is 11.6. The van der Waals surface area contributed by atoms with Gasteiger partial charge in [0.15, 0.2) is 5.78 Å². The highest BCUT2D eigenvalue weighted by molar-refractivity contribution is 6.22. The van der Waals surface area contributed by atoms with Gasteiger partial charge in [-0.2, -0.15) is 0 Å². The van der Waals surface area contributed by atoms with Crippen molar-refractivity contribution in [2.24, 2.45) is 0 Å². The summed E-state index contributed by atoms with van der Waals surface area (Å²) in [5.41, 5.74) is 4.18. The summed E-state index contributed by atoms with van der Waals surface area (Å²) in [7, 11) is 1.59. The molecule has 0 atom stereocenters. The summed E-state index contributed by atoms with van der Waals surface area (Å²) in [5.74, 6) is 0.431. The molecule has 4 rings (SSSR count). The van der Waals surface area contributed by atoms with Crippen LogP contribution in [0.5, 0.6) is 5.75 Å². The molecule has 0 saturated carbocycles. The molecule has 1 aliphatic rings. The van der Waals surface area contributed by atoms with Crippen molar-refractivity contribution in [1.82, 2.24) is 0 Å². The molecule has 25 heavy (non-hydrogen) atoms. The summed E-state index contributed by atoms with van der Waals surface area (Å²) in [6.07, 6.45) is 0. The molecule has 0 spiro atoms. The second-order valence-electron chi connectivity index (χ2n) is 5.82. The molecule has 0 bridgehead atoms. The first kappa shape index (κ1) is 15.1. The second-order valence-corrected chi connectivity index (χ2v) is 5.82. The highest BCUT2D eigenvalue weighted by Crippen LogP contribution is 2.36. The minimum Gasteiger partial charge on any atom is -0.497 e. The fourth-order valence-electron chi connectivity index (χ4n) is 3.05. The van der Waals surface area contributed by atoms with Gasteiger partial charge in [0.2, 0.25) is 0 Å². The first-order valence-corrected chi connectivity index (χ1v) is 7.91. The number of ketones is 1. The summed E-state index contributed by atoms with van der Waals surface area (Å²) in [4.78, 5) is 25.0. The lowest BCUT2D eigenvalue weighted by Crippen LogP contribution is -2.12. The van der Waals surface area contributed by atoms with Crippen LogP contribution in [0.25, 0.3) is 11.1 Å². The number of anilines is 1. The summed E-state index contributed by atoms with van der Waals surface area (Å²) in [6.45, 7) is 0. The molecule has 1 amide bonds. The highest BCUT2D eigenvalue weighted by atomic mass is 16.5. The van der Waals surface area contributed by atoms with E-state index in [1.54, 1.807) is 43.5 Å². The Balaban J connectivity index is 1.62. The van der Waals surface area contributed by atoms with Gasteiger partial charge < -0.3 is 10.1 Å². The zero-order valence-electron chi connectivity index (χ0n) is 13.6. The summed E-state index contributed by atoms with van der Waals surface area (Å²) in [6, 6.07) is 19.8. The molecule has 4 heteroatoms. The summed E-state index contributed by atoms with van der Waals surface area (Å²) in [5, 5.41) is 2.83. The number of carbonyl (C=O) groups excluding carboxylic acids is 2. The van der Waals surface area contributed by atoms with Crippen molar-refractivity contribution in [2.45, 2.75) is 0 Å². The Morgan fingerprint density at radius 1 is 0.840 bits per heavy atom. The quantitative estimate of drug-likeness (QED) is 0.614. The third kappa shape index (κ3) is 2.58. The number of amides is 1. The Morgan fingerprint density at radius 2 is 1.52 bits per heavy atom. The molecule has 1 aliphatic carbocycles. The van der Waals surface area contributed by atoms with E-state index < -0.39 is 0 Å². The first-order valence-electron chi connectivity index (χ1n) is 7.91. The lowest BCUT2D eigenvalue weighted by atomic mass is 10.0. The van der Waals surface area contributed by atoms with E-state index in [0.717, 1.165) is 16.9 Å². The summed E-state index contributed by atoms with van der Waals surface area (Å²) >= 11 is 0. The number of fused-ring (bicyclic) bond motifs is 3. The van der Waals surface area contributed by atoms with Crippen molar-refractivity contribution in [1.29, 1.82) is 0 Å². The number of benzene rings is 3. The second kappa shape index (κ2) is 5.91. The fourth-order valence-corrected chi connectivity index (χ4v) is 3.05. The molecular formula is C21H15NO3. The maximum atomic E-state index is 12.5. The maximum Gasteiger partial charge on any atom is 0.255 e. The van der Waals surface area contributed by atoms with Gasteiger partial charge in [-0.1, -0.05) is 30.3 Å². The van der Waals surface area contributed by atoms with E-state index in [9.17, 15) is 9.59 Å². The van der Waals surface area contributed by atoms with Crippen LogP contribution in [0.2, 0.25) is 0 Å². The monoisotopic (exact) mass is 329 g/mol. The Bertz CT molecular complexity index is 990. The van der Waals surface area contributed by atoms with Crippen LogP contribution in [-0.4, -0.2) is 18.8 Å². The predicted octanol–water partition coefficient (Wildman–Crippen LogP) is 4.16. The van der Waals surface area contributed by atoms with Crippen molar-refractivity contribution < 1.29 is 14.3 Å². The van der Waals surface area contributed by atoms with Crippen molar-refractivity contribution in [3.05, 3.63) is 83.4 Å². The number of ether oxygens (including phenoxy) is 1. The van der Waals surface area contributed by atoms with Crippen LogP contribution in [0.15, 0.2) is 66.7 Å². The van der Waals surface area contributed by atoms with Crippen LogP contribution in [0.1, 0.15) is 26.3 Å². The standard InChI is InChI=1S/C21H15NO3/c1-25-15-9-7-14(8-10-15)22-21(24)13-6-11-17-16-4-2-3-5-18(16)20(23)19(17)12-13/h2-12H,1H3,(H,22,24). The van der Waals surface area contributed by atoms with E-state index in [-0.39, 0.29) is 11.7 Å². The molecule has 0 heterocycles. The molecule has 0 fully saturated rings. The van der Waals surface area contributed by atoms with Crippen LogP contribution in [0, 0.1) is 0 Å². The van der Waals surface area contributed by atoms with Gasteiger partial charge >= 0.3 is 0 Å². The maximum absolute atomic E-state index is 12.5. The molecule has 0 unspecified atom stereocenters. The predicted molar refractivity (Wildman–Crippen MR) is 96.3 cm³/mol. The van der Waals surface area contributed by atoms with Crippen LogP contribution in [0.4, 0.5) is 5.69 Å². The smallest absolute Gasteiger partial charge is 0.255 e. The molecule has 0 aromatic heterocycles. The molecular weight excluding hydrogens is 314 g/mol. The van der Waals surface area contributed by atoms with Gasteiger partial charge in [-0.3, -0.25) is 9.59 Å². The van der Waals surface area contributed by atoms with E-state index in [2.05, 4.69) is 5.32 Å². The van der Waals surface area contributed by atoms with Gasteiger partial charge in [-0.05, 0) is 47.5 Å². The molecule has 4 nitrogen and oxygen atoms in total. The largest absolute Gasteiger partial charge is 0.497 e. The van der Waals surface area contributed by atoms with Crippen LogP contribution in [-0.2, 0) is 0 Å². The van der Waals surface area contributed by atoms with Gasteiger partial charge in [0.05, 0.1) is 7.11 Å². The molecule has 122 valence electrons. The van der Waals surface area contributed by atoms with Crippen LogP contribution in [0.3, 0.4) is 0 Å².